The Hall–Kier alpha value is -2.23. The molecule has 0 amide bonds. The molecule has 0 spiro atoms. The van der Waals surface area contributed by atoms with Gasteiger partial charge in [0.2, 0.25) is 5.95 Å². The van der Waals surface area contributed by atoms with Crippen LogP contribution in [-0.2, 0) is 7.05 Å². The lowest BCUT2D eigenvalue weighted by Gasteiger charge is -2.01. The van der Waals surface area contributed by atoms with E-state index in [2.05, 4.69) is 20.1 Å². The molecule has 0 aliphatic carbocycles. The van der Waals surface area contributed by atoms with Crippen LogP contribution in [0.25, 0.3) is 0 Å². The van der Waals surface area contributed by atoms with E-state index in [0.29, 0.717) is 5.16 Å². The average Bonchev–Trinajstić information content (AvgIpc) is 2.64. The molecule has 2 aromatic heterocycles. The second kappa shape index (κ2) is 4.33. The Morgan fingerprint density at radius 3 is 2.88 bits per heavy atom. The fraction of sp³-hybridized carbons (Fsp3) is 0.143. The minimum atomic E-state index is -0.571. The van der Waals surface area contributed by atoms with Gasteiger partial charge in [0.05, 0.1) is 4.92 Å². The Labute approximate surface area is 99.2 Å². The number of nitro groups is 1. The van der Waals surface area contributed by atoms with Gasteiger partial charge >= 0.3 is 5.69 Å². The maximum Gasteiger partial charge on any atom is 0.320 e. The summed E-state index contributed by atoms with van der Waals surface area (Å²) in [7, 11) is 1.67. The Morgan fingerprint density at radius 2 is 2.29 bits per heavy atom. The summed E-state index contributed by atoms with van der Waals surface area (Å²) in [6, 6.07) is 0. The van der Waals surface area contributed by atoms with Crippen molar-refractivity contribution in [1.29, 1.82) is 0 Å². The number of hydrogen-bond donors (Lipinski definition) is 1. The molecule has 0 aliphatic heterocycles. The zero-order valence-electron chi connectivity index (χ0n) is 8.64. The number of aromatic nitrogens is 5. The van der Waals surface area contributed by atoms with Gasteiger partial charge in [-0.2, -0.15) is 10.1 Å². The fourth-order valence-electron chi connectivity index (χ4n) is 1.04. The minimum Gasteiger partial charge on any atom is -0.368 e. The number of hydrogen-bond acceptors (Lipinski definition) is 8. The summed E-state index contributed by atoms with van der Waals surface area (Å²) in [6.45, 7) is 0. The van der Waals surface area contributed by atoms with E-state index in [0.717, 1.165) is 18.0 Å². The molecule has 0 aromatic carbocycles. The van der Waals surface area contributed by atoms with E-state index >= 15 is 0 Å². The predicted molar refractivity (Wildman–Crippen MR) is 58.2 cm³/mol. The number of aryl methyl sites for hydroxylation is 1. The van der Waals surface area contributed by atoms with Crippen molar-refractivity contribution in [2.24, 2.45) is 7.05 Å². The summed E-state index contributed by atoms with van der Waals surface area (Å²) >= 11 is 1.01. The molecule has 2 N–H and O–H groups in total. The Kier molecular flexibility index (Phi) is 2.87. The highest BCUT2D eigenvalue weighted by molar-refractivity contribution is 7.99. The molecule has 17 heavy (non-hydrogen) atoms. The van der Waals surface area contributed by atoms with E-state index in [-0.39, 0.29) is 16.7 Å². The molecular formula is C7H7N7O2S. The van der Waals surface area contributed by atoms with Crippen LogP contribution in [0.2, 0.25) is 0 Å². The third-order valence-electron chi connectivity index (χ3n) is 1.81. The van der Waals surface area contributed by atoms with Crippen molar-refractivity contribution in [3.63, 3.8) is 0 Å². The third kappa shape index (κ3) is 2.30. The van der Waals surface area contributed by atoms with Crippen molar-refractivity contribution in [3.8, 4) is 0 Å². The second-order valence-corrected chi connectivity index (χ2v) is 3.90. The first-order chi connectivity index (χ1) is 8.08. The molecule has 9 nitrogen and oxygen atoms in total. The molecule has 0 saturated carbocycles. The van der Waals surface area contributed by atoms with E-state index in [1.165, 1.54) is 11.0 Å². The first-order valence-electron chi connectivity index (χ1n) is 4.36. The number of nitrogen functional groups attached to an aromatic ring is 1. The standard InChI is InChI=1S/C7H7N7O2S/c1-13-7(10-3-11-13)17-5-4(14(15)16)2-9-6(8)12-5/h2-3H,1H3,(H2,8,9,12). The number of rotatable bonds is 3. The molecule has 0 saturated heterocycles. The van der Waals surface area contributed by atoms with Crippen molar-refractivity contribution in [2.45, 2.75) is 10.2 Å². The highest BCUT2D eigenvalue weighted by atomic mass is 32.2. The maximum absolute atomic E-state index is 10.8. The van der Waals surface area contributed by atoms with Crippen LogP contribution in [0.5, 0.6) is 0 Å². The quantitative estimate of drug-likeness (QED) is 0.468. The van der Waals surface area contributed by atoms with Crippen LogP contribution < -0.4 is 5.73 Å². The summed E-state index contributed by atoms with van der Waals surface area (Å²) in [5.74, 6) is -0.0275. The summed E-state index contributed by atoms with van der Waals surface area (Å²) in [4.78, 5) is 21.5. The number of nitrogens with two attached hydrogens (primary N) is 1. The largest absolute Gasteiger partial charge is 0.368 e. The molecule has 2 rings (SSSR count). The third-order valence-corrected chi connectivity index (χ3v) is 2.85. The number of anilines is 1. The SMILES string of the molecule is Cn1ncnc1Sc1nc(N)ncc1[N+](=O)[O-]. The Balaban J connectivity index is 2.41. The lowest BCUT2D eigenvalue weighted by atomic mass is 10.5. The van der Waals surface area contributed by atoms with Crippen molar-refractivity contribution in [3.05, 3.63) is 22.6 Å². The normalized spacial score (nSPS) is 10.4. The summed E-state index contributed by atoms with van der Waals surface area (Å²) in [6.07, 6.45) is 2.42. The molecule has 0 bridgehead atoms. The predicted octanol–water partition coefficient (Wildman–Crippen LogP) is 0.247. The van der Waals surface area contributed by atoms with Crippen LogP contribution in [0, 0.1) is 10.1 Å². The van der Waals surface area contributed by atoms with Gasteiger partial charge in [-0.05, 0) is 11.8 Å². The van der Waals surface area contributed by atoms with Crippen molar-refractivity contribution < 1.29 is 4.92 Å². The Bertz CT molecular complexity index is 569. The van der Waals surface area contributed by atoms with E-state index in [1.54, 1.807) is 7.05 Å². The molecule has 0 atom stereocenters. The van der Waals surface area contributed by atoms with E-state index in [9.17, 15) is 10.1 Å². The van der Waals surface area contributed by atoms with E-state index < -0.39 is 4.92 Å². The molecule has 0 aliphatic rings. The van der Waals surface area contributed by atoms with Gasteiger partial charge in [0.15, 0.2) is 10.2 Å². The molecule has 0 radical (unpaired) electrons. The summed E-state index contributed by atoms with van der Waals surface area (Å²) < 4.78 is 1.48. The van der Waals surface area contributed by atoms with Crippen LogP contribution in [-0.4, -0.2) is 29.7 Å². The Morgan fingerprint density at radius 1 is 1.53 bits per heavy atom. The van der Waals surface area contributed by atoms with E-state index in [4.69, 9.17) is 5.73 Å². The van der Waals surface area contributed by atoms with Gasteiger partial charge in [0.1, 0.15) is 12.5 Å². The molecule has 10 heteroatoms. The van der Waals surface area contributed by atoms with Gasteiger partial charge in [-0.15, -0.1) is 0 Å². The van der Waals surface area contributed by atoms with Gasteiger partial charge < -0.3 is 5.73 Å². The number of nitrogens with zero attached hydrogens (tertiary/aromatic N) is 6. The van der Waals surface area contributed by atoms with Gasteiger partial charge in [-0.3, -0.25) is 10.1 Å². The average molecular weight is 253 g/mol. The first kappa shape index (κ1) is 11.3. The first-order valence-corrected chi connectivity index (χ1v) is 5.18. The molecule has 88 valence electrons. The molecule has 0 fully saturated rings. The molecular weight excluding hydrogens is 246 g/mol. The fourth-order valence-corrected chi connectivity index (χ4v) is 1.86. The maximum atomic E-state index is 10.8. The van der Waals surface area contributed by atoms with E-state index in [1.807, 2.05) is 0 Å². The molecule has 2 aromatic rings. The lowest BCUT2D eigenvalue weighted by molar-refractivity contribution is -0.388. The molecule has 2 heterocycles. The monoisotopic (exact) mass is 253 g/mol. The van der Waals surface area contributed by atoms with Crippen LogP contribution in [0.15, 0.2) is 22.7 Å². The van der Waals surface area contributed by atoms with Crippen LogP contribution >= 0.6 is 11.8 Å². The smallest absolute Gasteiger partial charge is 0.320 e. The van der Waals surface area contributed by atoms with Gasteiger partial charge in [-0.25, -0.2) is 14.6 Å². The molecule has 0 unspecified atom stereocenters. The summed E-state index contributed by atoms with van der Waals surface area (Å²) in [5, 5.41) is 15.2. The van der Waals surface area contributed by atoms with Gasteiger partial charge in [0.25, 0.3) is 0 Å². The zero-order valence-corrected chi connectivity index (χ0v) is 9.46. The zero-order chi connectivity index (χ0) is 12.4. The van der Waals surface area contributed by atoms with Gasteiger partial charge in [-0.1, -0.05) is 0 Å². The van der Waals surface area contributed by atoms with Crippen LogP contribution in [0.4, 0.5) is 11.6 Å². The topological polar surface area (TPSA) is 126 Å². The highest BCUT2D eigenvalue weighted by Crippen LogP contribution is 2.31. The van der Waals surface area contributed by atoms with Crippen molar-refractivity contribution >= 4 is 23.4 Å². The van der Waals surface area contributed by atoms with Crippen LogP contribution in [0.1, 0.15) is 0 Å². The second-order valence-electron chi connectivity index (χ2n) is 2.94. The lowest BCUT2D eigenvalue weighted by Crippen LogP contribution is -2.01. The minimum absolute atomic E-state index is 0.0275. The highest BCUT2D eigenvalue weighted by Gasteiger charge is 2.19. The van der Waals surface area contributed by atoms with Crippen molar-refractivity contribution in [1.82, 2.24) is 24.7 Å². The van der Waals surface area contributed by atoms with Crippen molar-refractivity contribution in [2.75, 3.05) is 5.73 Å². The summed E-state index contributed by atoms with van der Waals surface area (Å²) in [5.41, 5.74) is 5.18. The van der Waals surface area contributed by atoms with Crippen LogP contribution in [0.3, 0.4) is 0 Å². The van der Waals surface area contributed by atoms with Gasteiger partial charge in [0, 0.05) is 7.05 Å².